The van der Waals surface area contributed by atoms with Gasteiger partial charge >= 0.3 is 5.97 Å². The molecule has 0 saturated heterocycles. The molecule has 0 amide bonds. The summed E-state index contributed by atoms with van der Waals surface area (Å²) >= 11 is 9.11. The van der Waals surface area contributed by atoms with Crippen LogP contribution in [-0.4, -0.2) is 29.9 Å². The fraction of sp³-hybridized carbons (Fsp3) is 0.308. The maximum Gasteiger partial charge on any atom is 0.343 e. The van der Waals surface area contributed by atoms with Gasteiger partial charge in [-0.15, -0.1) is 0 Å². The highest BCUT2D eigenvalue weighted by atomic mass is 79.9. The molecular weight excluding hydrogens is 348 g/mol. The Labute approximate surface area is 130 Å². The van der Waals surface area contributed by atoms with E-state index in [0.29, 0.717) is 11.0 Å². The molecule has 1 aromatic heterocycles. The third-order valence-corrected chi connectivity index (χ3v) is 2.98. The predicted molar refractivity (Wildman–Crippen MR) is 79.7 cm³/mol. The average Bonchev–Trinajstić information content (AvgIpc) is 2.42. The van der Waals surface area contributed by atoms with Crippen LogP contribution in [0.15, 0.2) is 28.5 Å². The number of esters is 1. The monoisotopic (exact) mass is 360 g/mol. The SMILES string of the molecule is CCN/C=C(\C(=O)OCC)C(=O)c1cc(Br)cnc1Cl. The number of rotatable bonds is 6. The Hall–Kier alpha value is -1.40. The normalized spacial score (nSPS) is 11.1. The number of ether oxygens (including phenoxy) is 1. The third-order valence-electron chi connectivity index (χ3n) is 2.24. The molecule has 0 aliphatic carbocycles. The van der Waals surface area contributed by atoms with Crippen LogP contribution in [0.1, 0.15) is 24.2 Å². The lowest BCUT2D eigenvalue weighted by Gasteiger charge is -2.08. The summed E-state index contributed by atoms with van der Waals surface area (Å²) in [6.07, 6.45) is 2.80. The van der Waals surface area contributed by atoms with Crippen molar-refractivity contribution in [3.8, 4) is 0 Å². The van der Waals surface area contributed by atoms with Crippen molar-refractivity contribution < 1.29 is 14.3 Å². The number of nitrogens with one attached hydrogen (secondary N) is 1. The molecule has 0 aromatic carbocycles. The summed E-state index contributed by atoms with van der Waals surface area (Å²) in [7, 11) is 0. The second-order valence-corrected chi connectivity index (χ2v) is 4.93. The van der Waals surface area contributed by atoms with Gasteiger partial charge in [0.05, 0.1) is 12.2 Å². The van der Waals surface area contributed by atoms with Gasteiger partial charge in [0, 0.05) is 23.4 Å². The Balaban J connectivity index is 3.16. The van der Waals surface area contributed by atoms with Crippen molar-refractivity contribution in [2.24, 2.45) is 0 Å². The smallest absolute Gasteiger partial charge is 0.343 e. The molecule has 5 nitrogen and oxygen atoms in total. The fourth-order valence-corrected chi connectivity index (χ4v) is 1.88. The topological polar surface area (TPSA) is 68.3 Å². The molecule has 0 spiro atoms. The lowest BCUT2D eigenvalue weighted by Crippen LogP contribution is -2.20. The Morgan fingerprint density at radius 3 is 2.80 bits per heavy atom. The van der Waals surface area contributed by atoms with Gasteiger partial charge in [-0.05, 0) is 35.8 Å². The first-order valence-corrected chi connectivity index (χ1v) is 7.14. The van der Waals surface area contributed by atoms with E-state index < -0.39 is 11.8 Å². The second kappa shape index (κ2) is 8.01. The van der Waals surface area contributed by atoms with Gasteiger partial charge in [0.25, 0.3) is 0 Å². The molecule has 0 aliphatic heterocycles. The van der Waals surface area contributed by atoms with Crippen LogP contribution in [-0.2, 0) is 9.53 Å². The van der Waals surface area contributed by atoms with Gasteiger partial charge in [-0.2, -0.15) is 0 Å². The van der Waals surface area contributed by atoms with Gasteiger partial charge in [-0.1, -0.05) is 11.6 Å². The molecule has 0 unspecified atom stereocenters. The number of hydrogen-bond acceptors (Lipinski definition) is 5. The number of hydrogen-bond donors (Lipinski definition) is 1. The molecule has 0 atom stereocenters. The van der Waals surface area contributed by atoms with Crippen LogP contribution in [0.2, 0.25) is 5.15 Å². The van der Waals surface area contributed by atoms with Gasteiger partial charge in [0.15, 0.2) is 0 Å². The Bertz CT molecular complexity index is 546. The number of nitrogens with zero attached hydrogens (tertiary/aromatic N) is 1. The zero-order valence-corrected chi connectivity index (χ0v) is 13.4. The summed E-state index contributed by atoms with van der Waals surface area (Å²) in [5.74, 6) is -1.24. The summed E-state index contributed by atoms with van der Waals surface area (Å²) in [5, 5.41) is 2.85. The van der Waals surface area contributed by atoms with E-state index >= 15 is 0 Å². The van der Waals surface area contributed by atoms with Crippen LogP contribution in [0, 0.1) is 0 Å². The standard InChI is InChI=1S/C13H14BrClN2O3/c1-3-16-7-10(13(19)20-4-2)11(18)9-5-8(14)6-17-12(9)15/h5-7,16H,3-4H2,1-2H3/b10-7-. The van der Waals surface area contributed by atoms with Crippen LogP contribution in [0.5, 0.6) is 0 Å². The van der Waals surface area contributed by atoms with E-state index in [9.17, 15) is 9.59 Å². The molecule has 20 heavy (non-hydrogen) atoms. The average molecular weight is 362 g/mol. The number of carbonyl (C=O) groups excluding carboxylic acids is 2. The zero-order chi connectivity index (χ0) is 15.1. The van der Waals surface area contributed by atoms with Crippen molar-refractivity contribution in [1.82, 2.24) is 10.3 Å². The van der Waals surface area contributed by atoms with Crippen LogP contribution in [0.3, 0.4) is 0 Å². The highest BCUT2D eigenvalue weighted by molar-refractivity contribution is 9.10. The molecule has 1 aromatic rings. The highest BCUT2D eigenvalue weighted by Crippen LogP contribution is 2.21. The molecule has 0 radical (unpaired) electrons. The van der Waals surface area contributed by atoms with E-state index in [1.807, 2.05) is 6.92 Å². The van der Waals surface area contributed by atoms with Gasteiger partial charge in [-0.25, -0.2) is 9.78 Å². The number of halogens is 2. The first-order valence-electron chi connectivity index (χ1n) is 5.97. The number of carbonyl (C=O) groups is 2. The molecule has 0 aliphatic rings. The van der Waals surface area contributed by atoms with Gasteiger partial charge in [0.2, 0.25) is 5.78 Å². The quantitative estimate of drug-likeness (QED) is 0.211. The second-order valence-electron chi connectivity index (χ2n) is 3.66. The maximum atomic E-state index is 12.4. The van der Waals surface area contributed by atoms with E-state index in [1.165, 1.54) is 18.5 Å². The number of aromatic nitrogens is 1. The molecule has 7 heteroatoms. The van der Waals surface area contributed by atoms with Crippen LogP contribution in [0.4, 0.5) is 0 Å². The van der Waals surface area contributed by atoms with Gasteiger partial charge < -0.3 is 10.1 Å². The number of Topliss-reactive ketones (excluding diaryl/α,β-unsaturated/α-hetero) is 1. The number of ketones is 1. The molecule has 1 N–H and O–H groups in total. The van der Waals surface area contributed by atoms with Crippen LogP contribution < -0.4 is 5.32 Å². The van der Waals surface area contributed by atoms with Crippen molar-refractivity contribution in [1.29, 1.82) is 0 Å². The zero-order valence-electron chi connectivity index (χ0n) is 11.1. The number of pyridine rings is 1. The largest absolute Gasteiger partial charge is 0.462 e. The highest BCUT2D eigenvalue weighted by Gasteiger charge is 2.23. The first-order chi connectivity index (χ1) is 9.51. The Morgan fingerprint density at radius 1 is 1.50 bits per heavy atom. The van der Waals surface area contributed by atoms with Crippen LogP contribution >= 0.6 is 27.5 Å². The molecule has 108 valence electrons. The fourth-order valence-electron chi connectivity index (χ4n) is 1.36. The molecule has 0 saturated carbocycles. The van der Waals surface area contributed by atoms with E-state index in [2.05, 4.69) is 26.2 Å². The third kappa shape index (κ3) is 4.31. The molecule has 0 fully saturated rings. The minimum Gasteiger partial charge on any atom is -0.462 e. The summed E-state index contributed by atoms with van der Waals surface area (Å²) in [6, 6.07) is 1.51. The molecule has 0 bridgehead atoms. The lowest BCUT2D eigenvalue weighted by molar-refractivity contribution is -0.138. The molecule has 1 rings (SSSR count). The summed E-state index contributed by atoms with van der Waals surface area (Å²) in [6.45, 7) is 4.26. The lowest BCUT2D eigenvalue weighted by atomic mass is 10.1. The van der Waals surface area contributed by atoms with Gasteiger partial charge in [0.1, 0.15) is 10.7 Å². The van der Waals surface area contributed by atoms with E-state index in [0.717, 1.165) is 0 Å². The molecular formula is C13H14BrClN2O3. The Kier molecular flexibility index (Phi) is 6.67. The Morgan fingerprint density at radius 2 is 2.20 bits per heavy atom. The van der Waals surface area contributed by atoms with Crippen molar-refractivity contribution in [2.75, 3.05) is 13.2 Å². The van der Waals surface area contributed by atoms with Gasteiger partial charge in [-0.3, -0.25) is 4.79 Å². The van der Waals surface area contributed by atoms with Crippen molar-refractivity contribution in [3.05, 3.63) is 39.2 Å². The minimum atomic E-state index is -0.700. The van der Waals surface area contributed by atoms with E-state index in [4.69, 9.17) is 16.3 Å². The maximum absolute atomic E-state index is 12.4. The minimum absolute atomic E-state index is 0.0323. The summed E-state index contributed by atoms with van der Waals surface area (Å²) in [4.78, 5) is 28.1. The summed E-state index contributed by atoms with van der Waals surface area (Å²) in [5.41, 5.74) is 0.0220. The first kappa shape index (κ1) is 16.7. The van der Waals surface area contributed by atoms with Crippen LogP contribution in [0.25, 0.3) is 0 Å². The summed E-state index contributed by atoms with van der Waals surface area (Å²) < 4.78 is 5.46. The van der Waals surface area contributed by atoms with E-state index in [1.54, 1.807) is 6.92 Å². The van der Waals surface area contributed by atoms with Crippen molar-refractivity contribution >= 4 is 39.3 Å². The van der Waals surface area contributed by atoms with Crippen molar-refractivity contribution in [3.63, 3.8) is 0 Å². The predicted octanol–water partition coefficient (Wildman–Crippen LogP) is 2.74. The van der Waals surface area contributed by atoms with E-state index in [-0.39, 0.29) is 22.9 Å². The van der Waals surface area contributed by atoms with Crippen molar-refractivity contribution in [2.45, 2.75) is 13.8 Å². The molecule has 1 heterocycles.